The Bertz CT molecular complexity index is 1460. The molecule has 0 aliphatic carbocycles. The van der Waals surface area contributed by atoms with Gasteiger partial charge in [0.05, 0.1) is 0 Å². The second-order valence-electron chi connectivity index (χ2n) is 19.3. The Hall–Kier alpha value is -3.93. The Balaban J connectivity index is 4.49. The van der Waals surface area contributed by atoms with E-state index >= 15 is 0 Å². The monoisotopic (exact) mass is 985 g/mol. The summed E-state index contributed by atoms with van der Waals surface area (Å²) in [5.41, 5.74) is 0. The van der Waals surface area contributed by atoms with E-state index in [-0.39, 0.29) is 37.5 Å². The van der Waals surface area contributed by atoms with Crippen LogP contribution in [-0.2, 0) is 28.6 Å². The van der Waals surface area contributed by atoms with Crippen LogP contribution in [0.1, 0.15) is 265 Å². The van der Waals surface area contributed by atoms with E-state index in [0.29, 0.717) is 19.3 Å². The third-order valence-electron chi connectivity index (χ3n) is 12.4. The van der Waals surface area contributed by atoms with Crippen molar-refractivity contribution in [1.82, 2.24) is 0 Å². The molecule has 0 fully saturated rings. The lowest BCUT2D eigenvalue weighted by molar-refractivity contribution is -0.167. The van der Waals surface area contributed by atoms with Crippen LogP contribution in [0.2, 0.25) is 0 Å². The second-order valence-corrected chi connectivity index (χ2v) is 19.3. The zero-order valence-corrected chi connectivity index (χ0v) is 46.2. The molecule has 0 aliphatic rings. The fourth-order valence-electron chi connectivity index (χ4n) is 7.97. The third-order valence-corrected chi connectivity index (χ3v) is 12.4. The highest BCUT2D eigenvalue weighted by Gasteiger charge is 2.19. The van der Waals surface area contributed by atoms with Crippen molar-refractivity contribution in [2.45, 2.75) is 271 Å². The van der Waals surface area contributed by atoms with Crippen LogP contribution in [0.25, 0.3) is 0 Å². The lowest BCUT2D eigenvalue weighted by Crippen LogP contribution is -2.30. The summed E-state index contributed by atoms with van der Waals surface area (Å²) in [6.45, 7) is 6.43. The molecule has 1 unspecified atom stereocenters. The Kier molecular flexibility index (Phi) is 55.4. The van der Waals surface area contributed by atoms with Gasteiger partial charge in [-0.05, 0) is 96.3 Å². The fraction of sp³-hybridized carbons (Fsp3) is 0.677. The fourth-order valence-corrected chi connectivity index (χ4v) is 7.97. The highest BCUT2D eigenvalue weighted by atomic mass is 16.6. The first-order valence-electron chi connectivity index (χ1n) is 29.5. The van der Waals surface area contributed by atoms with Crippen molar-refractivity contribution in [2.75, 3.05) is 13.2 Å². The molecule has 0 heterocycles. The second kappa shape index (κ2) is 58.6. The van der Waals surface area contributed by atoms with E-state index in [1.807, 2.05) is 60.8 Å². The Labute approximate surface area is 438 Å². The number of carbonyl (C=O) groups is 3. The molecular formula is C65H108O6. The van der Waals surface area contributed by atoms with E-state index in [1.54, 1.807) is 0 Å². The zero-order chi connectivity index (χ0) is 51.4. The molecule has 0 rings (SSSR count). The van der Waals surface area contributed by atoms with Gasteiger partial charge in [-0.3, -0.25) is 14.4 Å². The number of hydrogen-bond acceptors (Lipinski definition) is 6. The Morgan fingerprint density at radius 1 is 0.310 bits per heavy atom. The maximum atomic E-state index is 12.9. The van der Waals surface area contributed by atoms with E-state index in [4.69, 9.17) is 14.2 Å². The number of hydrogen-bond donors (Lipinski definition) is 0. The van der Waals surface area contributed by atoms with Gasteiger partial charge in [0.15, 0.2) is 6.10 Å². The number of esters is 3. The van der Waals surface area contributed by atoms with Crippen LogP contribution in [0.15, 0.2) is 109 Å². The van der Waals surface area contributed by atoms with E-state index in [2.05, 4.69) is 69.4 Å². The van der Waals surface area contributed by atoms with E-state index in [9.17, 15) is 14.4 Å². The molecule has 0 bridgehead atoms. The summed E-state index contributed by atoms with van der Waals surface area (Å²) in [7, 11) is 0. The van der Waals surface area contributed by atoms with Crippen molar-refractivity contribution in [3.63, 3.8) is 0 Å². The van der Waals surface area contributed by atoms with Gasteiger partial charge >= 0.3 is 17.9 Å². The largest absolute Gasteiger partial charge is 0.462 e. The molecule has 0 N–H and O–H groups in total. The van der Waals surface area contributed by atoms with Gasteiger partial charge in [0.25, 0.3) is 0 Å². The molecule has 0 amide bonds. The van der Waals surface area contributed by atoms with E-state index in [0.717, 1.165) is 77.0 Å². The van der Waals surface area contributed by atoms with Gasteiger partial charge in [-0.1, -0.05) is 259 Å². The smallest absolute Gasteiger partial charge is 0.306 e. The van der Waals surface area contributed by atoms with E-state index in [1.165, 1.54) is 141 Å². The maximum Gasteiger partial charge on any atom is 0.306 e. The minimum Gasteiger partial charge on any atom is -0.462 e. The van der Waals surface area contributed by atoms with Crippen molar-refractivity contribution in [3.8, 4) is 0 Å². The van der Waals surface area contributed by atoms with Gasteiger partial charge in [-0.15, -0.1) is 0 Å². The van der Waals surface area contributed by atoms with Gasteiger partial charge in [0, 0.05) is 19.3 Å². The van der Waals surface area contributed by atoms with Crippen molar-refractivity contribution in [2.24, 2.45) is 0 Å². The minimum absolute atomic E-state index is 0.102. The van der Waals surface area contributed by atoms with Crippen molar-refractivity contribution < 1.29 is 28.6 Å². The Morgan fingerprint density at radius 2 is 0.606 bits per heavy atom. The quantitative estimate of drug-likeness (QED) is 0.0199. The molecule has 0 aromatic carbocycles. The van der Waals surface area contributed by atoms with Crippen LogP contribution in [0, 0.1) is 0 Å². The summed E-state index contributed by atoms with van der Waals surface area (Å²) in [5, 5.41) is 0. The summed E-state index contributed by atoms with van der Waals surface area (Å²) in [6, 6.07) is 0. The molecule has 1 atom stereocenters. The number of allylic oxidation sites excluding steroid dienone is 18. The molecule has 0 saturated heterocycles. The number of ether oxygens (including phenoxy) is 3. The molecule has 0 aromatic heterocycles. The highest BCUT2D eigenvalue weighted by Crippen LogP contribution is 2.15. The predicted octanol–water partition coefficient (Wildman–Crippen LogP) is 19.9. The minimum atomic E-state index is -0.809. The zero-order valence-electron chi connectivity index (χ0n) is 46.2. The number of rotatable bonds is 52. The van der Waals surface area contributed by atoms with Crippen LogP contribution in [0.3, 0.4) is 0 Å². The van der Waals surface area contributed by atoms with E-state index < -0.39 is 6.10 Å². The summed E-state index contributed by atoms with van der Waals surface area (Å²) in [5.74, 6) is -0.956. The normalized spacial score (nSPS) is 12.9. The van der Waals surface area contributed by atoms with Crippen LogP contribution < -0.4 is 0 Å². The summed E-state index contributed by atoms with van der Waals surface area (Å²) < 4.78 is 16.8. The predicted molar refractivity (Wildman–Crippen MR) is 307 cm³/mol. The van der Waals surface area contributed by atoms with Crippen LogP contribution >= 0.6 is 0 Å². The topological polar surface area (TPSA) is 78.9 Å². The van der Waals surface area contributed by atoms with Crippen LogP contribution in [0.5, 0.6) is 0 Å². The maximum absolute atomic E-state index is 12.9. The first kappa shape index (κ1) is 67.1. The standard InChI is InChI=1S/C65H108O6/c1-4-7-10-13-16-19-22-25-28-31-32-35-37-40-43-46-49-52-55-58-64(67)70-61-62(71-65(68)59-56-53-50-47-44-41-38-34-30-27-24-21-18-15-12-9-6-3)60-69-63(66)57-54-51-48-45-42-39-36-33-29-26-23-20-17-14-11-8-5-2/h9,12,15,17-18,20-21,24,26-27,29-32,34,38,41,44,62H,4-8,10-11,13-14,16,19,22-23,25,28,33,35-37,39-40,42-43,45-61H2,1-3H3/b12-9-,18-15-,20-17-,24-21-,29-26-,30-27-,32-31-,38-34+,44-41-. The SMILES string of the molecule is CC\C=C/C=C\C=C/C=C\C=C\C=C/CCCCCC(=O)OC(COC(=O)CCCCCCCCC/C=C\C/C=C\CCCCC)COC(=O)CCCCCCCCC/C=C\CCCCCCCCCC. The molecule has 71 heavy (non-hydrogen) atoms. The molecule has 0 spiro atoms. The highest BCUT2D eigenvalue weighted by molar-refractivity contribution is 5.71. The lowest BCUT2D eigenvalue weighted by Gasteiger charge is -2.18. The van der Waals surface area contributed by atoms with Crippen molar-refractivity contribution in [3.05, 3.63) is 109 Å². The molecule has 6 heteroatoms. The number of unbranched alkanes of at least 4 members (excludes halogenated alkanes) is 28. The molecule has 0 saturated carbocycles. The van der Waals surface area contributed by atoms with Gasteiger partial charge in [0.2, 0.25) is 0 Å². The average Bonchev–Trinajstić information content (AvgIpc) is 3.37. The Morgan fingerprint density at radius 3 is 1.03 bits per heavy atom. The first-order valence-corrected chi connectivity index (χ1v) is 29.5. The molecule has 0 aliphatic heterocycles. The summed E-state index contributed by atoms with van der Waals surface area (Å²) in [4.78, 5) is 38.2. The van der Waals surface area contributed by atoms with Crippen molar-refractivity contribution in [1.29, 1.82) is 0 Å². The van der Waals surface area contributed by atoms with Crippen LogP contribution in [0.4, 0.5) is 0 Å². The van der Waals surface area contributed by atoms with Gasteiger partial charge < -0.3 is 14.2 Å². The number of carbonyl (C=O) groups excluding carboxylic acids is 3. The summed E-state index contributed by atoms with van der Waals surface area (Å²) >= 11 is 0. The molecule has 404 valence electrons. The third kappa shape index (κ3) is 56.9. The first-order chi connectivity index (χ1) is 35.0. The molecule has 0 aromatic rings. The molecular weight excluding hydrogens is 877 g/mol. The lowest BCUT2D eigenvalue weighted by atomic mass is 10.1. The van der Waals surface area contributed by atoms with Crippen LogP contribution in [-0.4, -0.2) is 37.2 Å². The van der Waals surface area contributed by atoms with Gasteiger partial charge in [-0.2, -0.15) is 0 Å². The molecule has 0 radical (unpaired) electrons. The van der Waals surface area contributed by atoms with Gasteiger partial charge in [0.1, 0.15) is 13.2 Å². The molecule has 6 nitrogen and oxygen atoms in total. The van der Waals surface area contributed by atoms with Gasteiger partial charge in [-0.25, -0.2) is 0 Å². The average molecular weight is 986 g/mol. The van der Waals surface area contributed by atoms with Crippen molar-refractivity contribution >= 4 is 17.9 Å². The summed E-state index contributed by atoms with van der Waals surface area (Å²) in [6.07, 6.45) is 79.3.